The molecule has 0 saturated heterocycles. The first-order chi connectivity index (χ1) is 9.00. The number of hydrogen-bond acceptors (Lipinski definition) is 5. The Morgan fingerprint density at radius 2 is 2.37 bits per heavy atom. The van der Waals surface area contributed by atoms with E-state index >= 15 is 0 Å². The lowest BCUT2D eigenvalue weighted by Gasteiger charge is -2.09. The van der Waals surface area contributed by atoms with E-state index in [1.54, 1.807) is 24.7 Å². The third kappa shape index (κ3) is 2.93. The minimum absolute atomic E-state index is 0.0822. The van der Waals surface area contributed by atoms with Gasteiger partial charge in [-0.2, -0.15) is 0 Å². The molecule has 0 saturated carbocycles. The molecule has 2 heterocycles. The largest absolute Gasteiger partial charge is 0.397 e. The molecular weight excluding hydrogens is 282 g/mol. The van der Waals surface area contributed by atoms with Crippen LogP contribution in [-0.4, -0.2) is 33.2 Å². The average molecular weight is 297 g/mol. The number of fused-ring (bicyclic) bond motifs is 1. The Morgan fingerprint density at radius 3 is 3.00 bits per heavy atom. The summed E-state index contributed by atoms with van der Waals surface area (Å²) in [6.45, 7) is 2.20. The highest BCUT2D eigenvalue weighted by atomic mass is 32.2. The number of pyridine rings is 1. The summed E-state index contributed by atoms with van der Waals surface area (Å²) in [5, 5.41) is 3.52. The van der Waals surface area contributed by atoms with Crippen molar-refractivity contribution < 1.29 is 9.00 Å². The van der Waals surface area contributed by atoms with Gasteiger partial charge in [0.25, 0.3) is 5.91 Å². The number of nitrogens with zero attached hydrogens (tertiary/aromatic N) is 1. The highest BCUT2D eigenvalue weighted by Gasteiger charge is 2.17. The second-order valence-electron chi connectivity index (χ2n) is 4.24. The van der Waals surface area contributed by atoms with Gasteiger partial charge in [0.2, 0.25) is 0 Å². The third-order valence-corrected chi connectivity index (χ3v) is 5.31. The SMILES string of the molecule is CC(CNC(=O)c1sc2cnccc2c1N)S(C)=O. The number of hydrogen-bond donors (Lipinski definition) is 2. The Labute approximate surface area is 117 Å². The molecule has 0 aliphatic heterocycles. The maximum Gasteiger partial charge on any atom is 0.263 e. The molecular formula is C12H15N3O2S2. The number of amides is 1. The molecule has 5 nitrogen and oxygen atoms in total. The van der Waals surface area contributed by atoms with Gasteiger partial charge in [-0.3, -0.25) is 14.0 Å². The summed E-state index contributed by atoms with van der Waals surface area (Å²) in [5.74, 6) is -0.226. The molecule has 0 fully saturated rings. The quantitative estimate of drug-likeness (QED) is 0.892. The molecule has 2 unspecified atom stereocenters. The number of anilines is 1. The highest BCUT2D eigenvalue weighted by molar-refractivity contribution is 7.84. The van der Waals surface area contributed by atoms with Crippen molar-refractivity contribution in [2.24, 2.45) is 0 Å². The molecule has 0 spiro atoms. The standard InChI is InChI=1S/C12H15N3O2S2/c1-7(19(2)17)5-15-12(16)11-10(13)8-3-4-14-6-9(8)18-11/h3-4,6-7H,5,13H2,1-2H3,(H,15,16). The number of carbonyl (C=O) groups excluding carboxylic acids is 1. The van der Waals surface area contributed by atoms with Gasteiger partial charge in [0, 0.05) is 46.6 Å². The number of aromatic nitrogens is 1. The molecule has 0 bridgehead atoms. The van der Waals surface area contributed by atoms with Gasteiger partial charge in [-0.15, -0.1) is 11.3 Å². The van der Waals surface area contributed by atoms with Crippen molar-refractivity contribution in [3.63, 3.8) is 0 Å². The summed E-state index contributed by atoms with van der Waals surface area (Å²) in [4.78, 5) is 16.6. The van der Waals surface area contributed by atoms with Gasteiger partial charge in [-0.25, -0.2) is 0 Å². The molecule has 2 rings (SSSR count). The van der Waals surface area contributed by atoms with Gasteiger partial charge in [-0.1, -0.05) is 0 Å². The van der Waals surface area contributed by atoms with Crippen molar-refractivity contribution in [2.45, 2.75) is 12.2 Å². The minimum Gasteiger partial charge on any atom is -0.397 e. The molecule has 2 aromatic heterocycles. The van der Waals surface area contributed by atoms with Gasteiger partial charge >= 0.3 is 0 Å². The van der Waals surface area contributed by atoms with Gasteiger partial charge in [-0.05, 0) is 13.0 Å². The van der Waals surface area contributed by atoms with Crippen LogP contribution in [0.1, 0.15) is 16.6 Å². The molecule has 0 radical (unpaired) electrons. The van der Waals surface area contributed by atoms with Crippen molar-refractivity contribution in [2.75, 3.05) is 18.5 Å². The van der Waals surface area contributed by atoms with Crippen LogP contribution < -0.4 is 11.1 Å². The van der Waals surface area contributed by atoms with E-state index in [2.05, 4.69) is 10.3 Å². The molecule has 7 heteroatoms. The summed E-state index contributed by atoms with van der Waals surface area (Å²) in [7, 11) is -0.956. The fourth-order valence-electron chi connectivity index (χ4n) is 1.57. The van der Waals surface area contributed by atoms with E-state index in [0.717, 1.165) is 10.1 Å². The van der Waals surface area contributed by atoms with Crippen molar-refractivity contribution in [3.8, 4) is 0 Å². The Hall–Kier alpha value is -1.47. The van der Waals surface area contributed by atoms with Crippen LogP contribution in [0.15, 0.2) is 18.5 Å². The van der Waals surface area contributed by atoms with Crippen LogP contribution in [0.2, 0.25) is 0 Å². The summed E-state index contributed by atoms with van der Waals surface area (Å²) in [6, 6.07) is 1.79. The first kappa shape index (κ1) is 14.0. The van der Waals surface area contributed by atoms with E-state index in [9.17, 15) is 9.00 Å². The monoisotopic (exact) mass is 297 g/mol. The smallest absolute Gasteiger partial charge is 0.263 e. The molecule has 0 aromatic carbocycles. The summed E-state index contributed by atoms with van der Waals surface area (Å²) < 4.78 is 12.1. The van der Waals surface area contributed by atoms with E-state index in [-0.39, 0.29) is 11.2 Å². The average Bonchev–Trinajstić information content (AvgIpc) is 2.73. The van der Waals surface area contributed by atoms with Crippen LogP contribution in [0.5, 0.6) is 0 Å². The number of nitrogens with one attached hydrogen (secondary N) is 1. The van der Waals surface area contributed by atoms with E-state index in [1.165, 1.54) is 11.3 Å². The second-order valence-corrected chi connectivity index (χ2v) is 7.09. The molecule has 2 atom stereocenters. The van der Waals surface area contributed by atoms with Crippen LogP contribution in [0.25, 0.3) is 10.1 Å². The van der Waals surface area contributed by atoms with Crippen LogP contribution in [0, 0.1) is 0 Å². The maximum absolute atomic E-state index is 12.1. The number of thiophene rings is 1. The van der Waals surface area contributed by atoms with Crippen molar-refractivity contribution in [1.82, 2.24) is 10.3 Å². The first-order valence-electron chi connectivity index (χ1n) is 5.73. The number of rotatable bonds is 4. The van der Waals surface area contributed by atoms with Gasteiger partial charge in [0.1, 0.15) is 4.88 Å². The Kier molecular flexibility index (Phi) is 4.16. The third-order valence-electron chi connectivity index (χ3n) is 2.85. The Balaban J connectivity index is 2.18. The molecule has 3 N–H and O–H groups in total. The normalized spacial score (nSPS) is 14.2. The molecule has 19 heavy (non-hydrogen) atoms. The van der Waals surface area contributed by atoms with Gasteiger partial charge < -0.3 is 11.1 Å². The van der Waals surface area contributed by atoms with Crippen molar-refractivity contribution in [1.29, 1.82) is 0 Å². The van der Waals surface area contributed by atoms with Gasteiger partial charge in [0.15, 0.2) is 0 Å². The van der Waals surface area contributed by atoms with E-state index < -0.39 is 10.8 Å². The lowest BCUT2D eigenvalue weighted by Crippen LogP contribution is -2.32. The maximum atomic E-state index is 12.1. The van der Waals surface area contributed by atoms with E-state index in [1.807, 2.05) is 6.92 Å². The topological polar surface area (TPSA) is 85.1 Å². The van der Waals surface area contributed by atoms with E-state index in [0.29, 0.717) is 17.1 Å². The van der Waals surface area contributed by atoms with Crippen molar-refractivity contribution >= 4 is 43.8 Å². The number of nitrogens with two attached hydrogens (primary N) is 1. The zero-order valence-corrected chi connectivity index (χ0v) is 12.3. The zero-order chi connectivity index (χ0) is 14.0. The van der Waals surface area contributed by atoms with Crippen LogP contribution in [0.3, 0.4) is 0 Å². The molecule has 0 aliphatic carbocycles. The van der Waals surface area contributed by atoms with Gasteiger partial charge in [0.05, 0.1) is 10.4 Å². The van der Waals surface area contributed by atoms with Crippen LogP contribution >= 0.6 is 11.3 Å². The predicted molar refractivity (Wildman–Crippen MR) is 79.9 cm³/mol. The predicted octanol–water partition coefficient (Wildman–Crippen LogP) is 1.38. The molecule has 2 aromatic rings. The lowest BCUT2D eigenvalue weighted by atomic mass is 10.2. The first-order valence-corrected chi connectivity index (χ1v) is 8.17. The zero-order valence-electron chi connectivity index (χ0n) is 10.7. The lowest BCUT2D eigenvalue weighted by molar-refractivity contribution is 0.0959. The Morgan fingerprint density at radius 1 is 1.63 bits per heavy atom. The van der Waals surface area contributed by atoms with Crippen LogP contribution in [-0.2, 0) is 10.8 Å². The fourth-order valence-corrected chi connectivity index (χ4v) is 2.90. The van der Waals surface area contributed by atoms with E-state index in [4.69, 9.17) is 5.73 Å². The second kappa shape index (κ2) is 5.66. The fraction of sp³-hybridized carbons (Fsp3) is 0.333. The molecule has 1 amide bonds. The molecule has 0 aliphatic rings. The summed E-state index contributed by atoms with van der Waals surface area (Å²) >= 11 is 1.32. The Bertz CT molecular complexity index is 639. The minimum atomic E-state index is -0.956. The van der Waals surface area contributed by atoms with Crippen molar-refractivity contribution in [3.05, 3.63) is 23.3 Å². The summed E-state index contributed by atoms with van der Waals surface area (Å²) in [6.07, 6.45) is 4.96. The number of nitrogen functional groups attached to an aromatic ring is 1. The van der Waals surface area contributed by atoms with Crippen LogP contribution in [0.4, 0.5) is 5.69 Å². The highest BCUT2D eigenvalue weighted by Crippen LogP contribution is 2.32. The summed E-state index contributed by atoms with van der Waals surface area (Å²) in [5.41, 5.74) is 6.44. The number of carbonyl (C=O) groups is 1. The molecule has 102 valence electrons.